The van der Waals surface area contributed by atoms with Gasteiger partial charge in [0.05, 0.1) is 0 Å². The molecular weight excluding hydrogens is 292 g/mol. The molecule has 5 heteroatoms. The average molecular weight is 329 g/mol. The van der Waals surface area contributed by atoms with Crippen molar-refractivity contribution in [3.05, 3.63) is 0 Å². The minimum absolute atomic E-state index is 0.599. The predicted octanol–water partition coefficient (Wildman–Crippen LogP) is 2.95. The third kappa shape index (κ3) is 7.73. The number of unbranched alkanes of at least 4 members (excludes halogenated alkanes) is 1. The van der Waals surface area contributed by atoms with E-state index in [1.165, 1.54) is 25.7 Å². The number of rotatable bonds is 9. The van der Waals surface area contributed by atoms with E-state index >= 15 is 0 Å². The van der Waals surface area contributed by atoms with Gasteiger partial charge in [-0.1, -0.05) is 0 Å². The molecule has 1 aliphatic carbocycles. The van der Waals surface area contributed by atoms with Crippen LogP contribution in [0, 0.1) is 0 Å². The van der Waals surface area contributed by atoms with Crippen LogP contribution in [-0.2, 0) is 0 Å². The minimum atomic E-state index is 0.599. The van der Waals surface area contributed by atoms with Crippen molar-refractivity contribution in [2.75, 3.05) is 32.9 Å². The molecular formula is C17H36N4S. The maximum Gasteiger partial charge on any atom is 0.191 e. The van der Waals surface area contributed by atoms with Gasteiger partial charge >= 0.3 is 0 Å². The summed E-state index contributed by atoms with van der Waals surface area (Å²) < 4.78 is 0. The lowest BCUT2D eigenvalue weighted by Crippen LogP contribution is -2.42. The van der Waals surface area contributed by atoms with E-state index in [1.54, 1.807) is 0 Å². The Labute approximate surface area is 141 Å². The predicted molar refractivity (Wildman–Crippen MR) is 101 cm³/mol. The Hall–Kier alpha value is -0.420. The molecule has 1 rings (SSSR count). The van der Waals surface area contributed by atoms with Crippen molar-refractivity contribution in [2.45, 2.75) is 70.2 Å². The molecule has 1 saturated carbocycles. The Morgan fingerprint density at radius 2 is 2.09 bits per heavy atom. The number of guanidine groups is 1. The van der Waals surface area contributed by atoms with Crippen LogP contribution in [0.25, 0.3) is 0 Å². The molecule has 2 unspecified atom stereocenters. The molecule has 0 saturated heterocycles. The third-order valence-electron chi connectivity index (χ3n) is 4.47. The maximum atomic E-state index is 4.74. The number of hydrogen-bond acceptors (Lipinski definition) is 3. The molecule has 1 fully saturated rings. The zero-order valence-corrected chi connectivity index (χ0v) is 16.0. The van der Waals surface area contributed by atoms with Gasteiger partial charge in [-0.15, -0.1) is 0 Å². The summed E-state index contributed by atoms with van der Waals surface area (Å²) >= 11 is 2.00. The molecule has 0 aromatic heterocycles. The molecule has 22 heavy (non-hydrogen) atoms. The highest BCUT2D eigenvalue weighted by Crippen LogP contribution is 2.27. The standard InChI is InChI=1S/C17H36N4S/c1-6-18-17(20-15-9-10-16(13-15)22-5)19-11-7-8-12-21(4)14(2)3/h14-16H,6-13H2,1-5H3,(H2,18,19,20). The van der Waals surface area contributed by atoms with Crippen LogP contribution in [0.15, 0.2) is 4.99 Å². The lowest BCUT2D eigenvalue weighted by molar-refractivity contribution is 0.269. The van der Waals surface area contributed by atoms with Crippen molar-refractivity contribution in [1.29, 1.82) is 0 Å². The monoisotopic (exact) mass is 328 g/mol. The Bertz CT molecular complexity index is 320. The molecule has 2 atom stereocenters. The fourth-order valence-corrected chi connectivity index (χ4v) is 3.52. The molecule has 0 bridgehead atoms. The molecule has 130 valence electrons. The minimum Gasteiger partial charge on any atom is -0.357 e. The highest BCUT2D eigenvalue weighted by Gasteiger charge is 2.24. The summed E-state index contributed by atoms with van der Waals surface area (Å²) in [5, 5.41) is 7.82. The first-order chi connectivity index (χ1) is 10.6. The van der Waals surface area contributed by atoms with Crippen LogP contribution in [0.1, 0.15) is 52.9 Å². The second-order valence-corrected chi connectivity index (χ2v) is 7.69. The van der Waals surface area contributed by atoms with Crippen molar-refractivity contribution in [2.24, 2.45) is 4.99 Å². The summed E-state index contributed by atoms with van der Waals surface area (Å²) in [4.78, 5) is 7.14. The molecule has 0 aliphatic heterocycles. The SMILES string of the molecule is CCNC(=NCCCCN(C)C(C)C)NC1CCC(SC)C1. The summed E-state index contributed by atoms with van der Waals surface area (Å²) in [6.07, 6.45) is 8.47. The molecule has 0 heterocycles. The molecule has 0 aromatic carbocycles. The Morgan fingerprint density at radius 1 is 1.32 bits per heavy atom. The van der Waals surface area contributed by atoms with Crippen LogP contribution in [0.5, 0.6) is 0 Å². The van der Waals surface area contributed by atoms with Gasteiger partial charge in [0.1, 0.15) is 0 Å². The van der Waals surface area contributed by atoms with Crippen LogP contribution in [-0.4, -0.2) is 61.1 Å². The summed E-state index contributed by atoms with van der Waals surface area (Å²) in [5.41, 5.74) is 0. The van der Waals surface area contributed by atoms with E-state index in [4.69, 9.17) is 4.99 Å². The largest absolute Gasteiger partial charge is 0.357 e. The van der Waals surface area contributed by atoms with Gasteiger partial charge in [-0.2, -0.15) is 11.8 Å². The summed E-state index contributed by atoms with van der Waals surface area (Å²) in [5.74, 6) is 1.01. The van der Waals surface area contributed by atoms with Crippen molar-refractivity contribution in [3.63, 3.8) is 0 Å². The van der Waals surface area contributed by atoms with Crippen molar-refractivity contribution in [1.82, 2.24) is 15.5 Å². The highest BCUT2D eigenvalue weighted by atomic mass is 32.2. The second kappa shape index (κ2) is 11.2. The smallest absolute Gasteiger partial charge is 0.191 e. The Balaban J connectivity index is 2.27. The topological polar surface area (TPSA) is 39.7 Å². The quantitative estimate of drug-likeness (QED) is 0.388. The van der Waals surface area contributed by atoms with Gasteiger partial charge in [0.25, 0.3) is 0 Å². The van der Waals surface area contributed by atoms with Gasteiger partial charge in [0.15, 0.2) is 5.96 Å². The van der Waals surface area contributed by atoms with Gasteiger partial charge in [-0.05, 0) is 72.7 Å². The maximum absolute atomic E-state index is 4.74. The average Bonchev–Trinajstić information content (AvgIpc) is 2.94. The van der Waals surface area contributed by atoms with Crippen LogP contribution < -0.4 is 10.6 Å². The summed E-state index contributed by atoms with van der Waals surface area (Å²) in [6, 6.07) is 1.23. The molecule has 1 aliphatic rings. The molecule has 4 nitrogen and oxygen atoms in total. The first-order valence-corrected chi connectivity index (χ1v) is 10.1. The molecule has 0 radical (unpaired) electrons. The van der Waals surface area contributed by atoms with Crippen LogP contribution in [0.4, 0.5) is 0 Å². The number of hydrogen-bond donors (Lipinski definition) is 2. The fraction of sp³-hybridized carbons (Fsp3) is 0.941. The third-order valence-corrected chi connectivity index (χ3v) is 5.57. The van der Waals surface area contributed by atoms with Gasteiger partial charge in [0.2, 0.25) is 0 Å². The normalized spacial score (nSPS) is 22.6. The lowest BCUT2D eigenvalue weighted by atomic mass is 10.2. The zero-order valence-electron chi connectivity index (χ0n) is 15.2. The van der Waals surface area contributed by atoms with E-state index in [1.807, 2.05) is 11.8 Å². The number of nitrogens with zero attached hydrogens (tertiary/aromatic N) is 2. The van der Waals surface area contributed by atoms with E-state index in [-0.39, 0.29) is 0 Å². The van der Waals surface area contributed by atoms with E-state index in [2.05, 4.69) is 49.6 Å². The zero-order chi connectivity index (χ0) is 16.4. The van der Waals surface area contributed by atoms with Crippen LogP contribution >= 0.6 is 11.8 Å². The van der Waals surface area contributed by atoms with Crippen LogP contribution in [0.3, 0.4) is 0 Å². The van der Waals surface area contributed by atoms with E-state index in [0.717, 1.165) is 37.3 Å². The van der Waals surface area contributed by atoms with Gasteiger partial charge in [-0.3, -0.25) is 4.99 Å². The van der Waals surface area contributed by atoms with E-state index in [0.29, 0.717) is 12.1 Å². The molecule has 0 spiro atoms. The Kier molecular flexibility index (Phi) is 9.96. The van der Waals surface area contributed by atoms with E-state index in [9.17, 15) is 0 Å². The molecule has 0 aromatic rings. The highest BCUT2D eigenvalue weighted by molar-refractivity contribution is 7.99. The summed E-state index contributed by atoms with van der Waals surface area (Å²) in [7, 11) is 2.20. The van der Waals surface area contributed by atoms with Crippen molar-refractivity contribution in [3.8, 4) is 0 Å². The molecule has 0 amide bonds. The van der Waals surface area contributed by atoms with Crippen molar-refractivity contribution < 1.29 is 0 Å². The molecule has 2 N–H and O–H groups in total. The van der Waals surface area contributed by atoms with Gasteiger partial charge < -0.3 is 15.5 Å². The van der Waals surface area contributed by atoms with Crippen molar-refractivity contribution >= 4 is 17.7 Å². The van der Waals surface area contributed by atoms with Crippen LogP contribution in [0.2, 0.25) is 0 Å². The number of nitrogens with one attached hydrogen (secondary N) is 2. The lowest BCUT2D eigenvalue weighted by Gasteiger charge is -2.20. The fourth-order valence-electron chi connectivity index (χ4n) is 2.72. The van der Waals surface area contributed by atoms with Gasteiger partial charge in [0, 0.05) is 30.4 Å². The number of thioether (sulfide) groups is 1. The van der Waals surface area contributed by atoms with E-state index < -0.39 is 0 Å². The summed E-state index contributed by atoms with van der Waals surface area (Å²) in [6.45, 7) is 9.63. The van der Waals surface area contributed by atoms with Gasteiger partial charge in [-0.25, -0.2) is 0 Å². The Morgan fingerprint density at radius 3 is 2.68 bits per heavy atom. The second-order valence-electron chi connectivity index (χ2n) is 6.55. The first-order valence-electron chi connectivity index (χ1n) is 8.84. The number of aliphatic imine (C=N–C) groups is 1. The first kappa shape index (κ1) is 19.6.